The Kier molecular flexibility index (Phi) is 9.64. The summed E-state index contributed by atoms with van der Waals surface area (Å²) in [5.41, 5.74) is -2.27. The van der Waals surface area contributed by atoms with Gasteiger partial charge in [-0.05, 0) is 83.1 Å². The monoisotopic (exact) mass is 781 g/mol. The van der Waals surface area contributed by atoms with Gasteiger partial charge in [0.15, 0.2) is 17.3 Å². The van der Waals surface area contributed by atoms with Gasteiger partial charge in [0.25, 0.3) is 11.5 Å². The average molecular weight is 782 g/mol. The van der Waals surface area contributed by atoms with Crippen LogP contribution in [-0.2, 0) is 34.4 Å². The molecule has 14 nitrogen and oxygen atoms in total. The van der Waals surface area contributed by atoms with Gasteiger partial charge in [0, 0.05) is 19.6 Å². The van der Waals surface area contributed by atoms with Gasteiger partial charge in [-0.3, -0.25) is 14.4 Å². The largest absolute Gasteiger partial charge is 0.504 e. The molecule has 56 heavy (non-hydrogen) atoms. The highest BCUT2D eigenvalue weighted by Crippen LogP contribution is 2.48. The van der Waals surface area contributed by atoms with E-state index in [-0.39, 0.29) is 77.6 Å². The van der Waals surface area contributed by atoms with Gasteiger partial charge in [0.2, 0.25) is 11.7 Å². The first-order chi connectivity index (χ1) is 26.4. The van der Waals surface area contributed by atoms with Crippen molar-refractivity contribution in [2.45, 2.75) is 64.6 Å². The molecular weight excluding hydrogens is 745 g/mol. The van der Waals surface area contributed by atoms with Crippen molar-refractivity contribution < 1.29 is 41.4 Å². The molecule has 0 radical (unpaired) electrons. The van der Waals surface area contributed by atoms with E-state index in [9.17, 15) is 37.1 Å². The number of anilines is 1. The molecule has 19 heteroatoms. The number of hydrogen-bond acceptors (Lipinski definition) is 10. The Morgan fingerprint density at radius 3 is 2.46 bits per heavy atom. The third-order valence-electron chi connectivity index (χ3n) is 10.2. The Morgan fingerprint density at radius 2 is 1.80 bits per heavy atom. The number of nitrogens with zero attached hydrogens (tertiary/aromatic N) is 8. The number of ether oxygens (including phenoxy) is 1. The topological polar surface area (TPSA) is 160 Å². The zero-order valence-corrected chi connectivity index (χ0v) is 30.8. The van der Waals surface area contributed by atoms with Crippen LogP contribution in [0.1, 0.15) is 70.0 Å². The molecule has 2 aromatic carbocycles. The zero-order valence-electron chi connectivity index (χ0n) is 30.8. The first kappa shape index (κ1) is 38.5. The van der Waals surface area contributed by atoms with E-state index in [1.54, 1.807) is 19.9 Å². The SMILES string of the molecule is Cc1ncnc(C(=O)N2CCC3(CC2)OC(C)c2c3c(=O)n3nc(-c4ccc(CN(C)C)c(C)c4F)nc3n2CC(=O)Nc2ccc(C(F)(F)F)cc2F)c1O. The van der Waals surface area contributed by atoms with Crippen molar-refractivity contribution in [3.63, 3.8) is 0 Å². The molecule has 1 fully saturated rings. The number of piperidine rings is 1. The molecule has 1 saturated heterocycles. The van der Waals surface area contributed by atoms with E-state index in [0.717, 1.165) is 10.6 Å². The Bertz CT molecular complexity index is 2470. The highest BCUT2D eigenvalue weighted by Gasteiger charge is 2.51. The van der Waals surface area contributed by atoms with Crippen molar-refractivity contribution in [2.75, 3.05) is 32.5 Å². The number of amides is 2. The number of aryl methyl sites for hydroxylation is 1. The van der Waals surface area contributed by atoms with E-state index in [2.05, 4.69) is 25.4 Å². The first-order valence-electron chi connectivity index (χ1n) is 17.5. The van der Waals surface area contributed by atoms with E-state index in [0.29, 0.717) is 23.7 Å². The summed E-state index contributed by atoms with van der Waals surface area (Å²) in [6.07, 6.45) is -4.29. The number of likely N-dealkylation sites (tertiary alicyclic amines) is 1. The minimum atomic E-state index is -4.81. The Balaban J connectivity index is 1.31. The van der Waals surface area contributed by atoms with Crippen molar-refractivity contribution in [3.8, 4) is 17.1 Å². The van der Waals surface area contributed by atoms with Gasteiger partial charge in [-0.25, -0.2) is 18.7 Å². The molecule has 2 N–H and O–H groups in total. The molecule has 2 amide bonds. The van der Waals surface area contributed by atoms with Crippen LogP contribution in [0.3, 0.4) is 0 Å². The summed E-state index contributed by atoms with van der Waals surface area (Å²) in [6.45, 7) is 4.76. The molecule has 7 rings (SSSR count). The number of aromatic hydroxyl groups is 1. The number of alkyl halides is 3. The third kappa shape index (κ3) is 6.63. The second-order valence-corrected chi connectivity index (χ2v) is 14.2. The van der Waals surface area contributed by atoms with Crippen LogP contribution >= 0.6 is 0 Å². The van der Waals surface area contributed by atoms with E-state index < -0.39 is 64.7 Å². The van der Waals surface area contributed by atoms with E-state index in [4.69, 9.17) is 4.74 Å². The average Bonchev–Trinajstić information content (AvgIpc) is 3.70. The first-order valence-corrected chi connectivity index (χ1v) is 17.5. The lowest BCUT2D eigenvalue weighted by Crippen LogP contribution is -2.47. The number of fused-ring (bicyclic) bond motifs is 3. The summed E-state index contributed by atoms with van der Waals surface area (Å²) >= 11 is 0. The van der Waals surface area contributed by atoms with Gasteiger partial charge in [-0.1, -0.05) is 6.07 Å². The molecule has 2 aliphatic heterocycles. The van der Waals surface area contributed by atoms with Crippen molar-refractivity contribution >= 4 is 23.3 Å². The number of halogens is 5. The van der Waals surface area contributed by atoms with E-state index >= 15 is 4.39 Å². The number of hydrogen-bond donors (Lipinski definition) is 2. The maximum Gasteiger partial charge on any atom is 0.416 e. The summed E-state index contributed by atoms with van der Waals surface area (Å²) in [5, 5.41) is 17.2. The maximum absolute atomic E-state index is 15.9. The van der Waals surface area contributed by atoms with Crippen LogP contribution < -0.4 is 10.9 Å². The molecule has 294 valence electrons. The van der Waals surface area contributed by atoms with Crippen LogP contribution in [0.25, 0.3) is 17.2 Å². The van der Waals surface area contributed by atoms with Crippen molar-refractivity contribution in [2.24, 2.45) is 0 Å². The second kappa shape index (κ2) is 14.0. The number of rotatable bonds is 7. The minimum absolute atomic E-state index is 0.00913. The van der Waals surface area contributed by atoms with E-state index in [1.165, 1.54) is 28.8 Å². The van der Waals surface area contributed by atoms with Crippen LogP contribution in [0.2, 0.25) is 0 Å². The third-order valence-corrected chi connectivity index (χ3v) is 10.2. The maximum atomic E-state index is 15.9. The summed E-state index contributed by atoms with van der Waals surface area (Å²) < 4.78 is 79.1. The molecule has 0 saturated carbocycles. The van der Waals surface area contributed by atoms with Crippen LogP contribution in [0.4, 0.5) is 27.6 Å². The summed E-state index contributed by atoms with van der Waals surface area (Å²) in [6, 6.07) is 4.90. The lowest BCUT2D eigenvalue weighted by atomic mass is 9.85. The van der Waals surface area contributed by atoms with Gasteiger partial charge in [-0.2, -0.15) is 22.7 Å². The summed E-state index contributed by atoms with van der Waals surface area (Å²) in [4.78, 5) is 57.2. The van der Waals surface area contributed by atoms with Gasteiger partial charge < -0.3 is 29.5 Å². The van der Waals surface area contributed by atoms with Gasteiger partial charge in [0.1, 0.15) is 30.1 Å². The van der Waals surface area contributed by atoms with Gasteiger partial charge in [0.05, 0.1) is 39.9 Å². The van der Waals surface area contributed by atoms with Gasteiger partial charge >= 0.3 is 6.18 Å². The predicted octanol–water partition coefficient (Wildman–Crippen LogP) is 4.89. The van der Waals surface area contributed by atoms with Crippen LogP contribution in [-0.4, -0.2) is 83.0 Å². The highest BCUT2D eigenvalue weighted by atomic mass is 19.4. The molecule has 0 bridgehead atoms. The molecule has 5 heterocycles. The van der Waals surface area contributed by atoms with Crippen LogP contribution in [0.5, 0.6) is 5.75 Å². The Labute approximate surface area is 315 Å². The van der Waals surface area contributed by atoms with Gasteiger partial charge in [-0.15, -0.1) is 5.10 Å². The highest BCUT2D eigenvalue weighted by molar-refractivity contribution is 5.95. The van der Waals surface area contributed by atoms with Crippen molar-refractivity contribution in [3.05, 3.63) is 98.0 Å². The Morgan fingerprint density at radius 1 is 1.09 bits per heavy atom. The quantitative estimate of drug-likeness (QED) is 0.218. The van der Waals surface area contributed by atoms with Crippen LogP contribution in [0.15, 0.2) is 41.5 Å². The molecule has 1 atom stereocenters. The number of aromatic nitrogens is 6. The number of benzene rings is 2. The fourth-order valence-electron chi connectivity index (χ4n) is 7.39. The van der Waals surface area contributed by atoms with Crippen LogP contribution in [0, 0.1) is 25.5 Å². The lowest BCUT2D eigenvalue weighted by molar-refractivity contribution is -0.137. The summed E-state index contributed by atoms with van der Waals surface area (Å²) in [5.74, 6) is -4.05. The summed E-state index contributed by atoms with van der Waals surface area (Å²) in [7, 11) is 3.68. The predicted molar refractivity (Wildman–Crippen MR) is 190 cm³/mol. The standard InChI is InChI=1S/C37H36F5N9O5/c1-18-21(15-48(4)5)6-8-23(28(18)39)32-46-35-50(16-26(52)45-25-9-7-22(14-24(25)38)37(40,41)42)30-20(3)56-36(27(30)33(54)51(35)47-32)10-12-49(13-11-36)34(55)29-31(53)19(2)43-17-44-29/h6-9,14,17,20,53H,10-13,15-16H2,1-5H3,(H,45,52). The normalized spacial score (nSPS) is 16.6. The zero-order chi connectivity index (χ0) is 40.4. The Hall–Kier alpha value is -5.82. The smallest absolute Gasteiger partial charge is 0.416 e. The fourth-order valence-corrected chi connectivity index (χ4v) is 7.39. The molecule has 1 unspecified atom stereocenters. The number of carbonyl (C=O) groups is 2. The molecule has 5 aromatic rings. The molecule has 3 aromatic heterocycles. The van der Waals surface area contributed by atoms with Crippen molar-refractivity contribution in [1.82, 2.24) is 38.9 Å². The molecule has 0 aliphatic carbocycles. The molecule has 2 aliphatic rings. The number of nitrogens with one attached hydrogen (secondary N) is 1. The molecule has 1 spiro atoms. The number of carbonyl (C=O) groups excluding carboxylic acids is 2. The fraction of sp³-hybridized carbons (Fsp3) is 0.378. The van der Waals surface area contributed by atoms with Crippen molar-refractivity contribution in [1.29, 1.82) is 0 Å². The second-order valence-electron chi connectivity index (χ2n) is 14.2. The lowest BCUT2D eigenvalue weighted by Gasteiger charge is -2.39. The molecular formula is C37H36F5N9O5. The van der Waals surface area contributed by atoms with E-state index in [1.807, 2.05) is 19.0 Å². The minimum Gasteiger partial charge on any atom is -0.504 e.